The predicted molar refractivity (Wildman–Crippen MR) is 74.9 cm³/mol. The minimum atomic E-state index is -0.470. The lowest BCUT2D eigenvalue weighted by atomic mass is 9.93. The fourth-order valence-electron chi connectivity index (χ4n) is 2.73. The average Bonchev–Trinajstić information content (AvgIpc) is 2.48. The number of nitrogens with two attached hydrogens (primary N) is 1. The topological polar surface area (TPSA) is 96.9 Å². The molecule has 2 aliphatic rings. The van der Waals surface area contributed by atoms with E-state index in [1.54, 1.807) is 0 Å². The van der Waals surface area contributed by atoms with Gasteiger partial charge in [0, 0.05) is 12.1 Å². The highest BCUT2D eigenvalue weighted by molar-refractivity contribution is 5.58. The van der Waals surface area contributed by atoms with E-state index in [4.69, 9.17) is 19.9 Å². The fraction of sp³-hybridized carbons (Fsp3) is 0.571. The molecule has 1 aliphatic carbocycles. The van der Waals surface area contributed by atoms with Gasteiger partial charge < -0.3 is 19.9 Å². The second-order valence-corrected chi connectivity index (χ2v) is 5.33. The highest BCUT2D eigenvalue weighted by atomic mass is 16.6. The largest absolute Gasteiger partial charge is 0.486 e. The number of fused-ring (bicyclic) bond motifs is 1. The van der Waals surface area contributed by atoms with Gasteiger partial charge in [0.05, 0.1) is 11.0 Å². The third kappa shape index (κ3) is 2.87. The molecule has 0 amide bonds. The molecule has 1 heterocycles. The van der Waals surface area contributed by atoms with E-state index >= 15 is 0 Å². The van der Waals surface area contributed by atoms with Crippen LogP contribution in [0.5, 0.6) is 17.2 Å². The molecule has 2 N–H and O–H groups in total. The summed E-state index contributed by atoms with van der Waals surface area (Å²) in [6.07, 6.45) is 3.59. The fourth-order valence-corrected chi connectivity index (χ4v) is 2.73. The van der Waals surface area contributed by atoms with Crippen molar-refractivity contribution in [2.75, 3.05) is 13.2 Å². The molecule has 114 valence electrons. The number of nitro benzene ring substituents is 1. The second kappa shape index (κ2) is 5.77. The first-order chi connectivity index (χ1) is 10.1. The van der Waals surface area contributed by atoms with Crippen LogP contribution in [0.4, 0.5) is 5.69 Å². The Morgan fingerprint density at radius 1 is 1.19 bits per heavy atom. The normalized spacial score (nSPS) is 24.4. The van der Waals surface area contributed by atoms with Gasteiger partial charge in [-0.15, -0.1) is 0 Å². The summed E-state index contributed by atoms with van der Waals surface area (Å²) in [6.45, 7) is 0.811. The zero-order valence-corrected chi connectivity index (χ0v) is 11.6. The zero-order chi connectivity index (χ0) is 14.8. The van der Waals surface area contributed by atoms with Crippen molar-refractivity contribution in [1.29, 1.82) is 0 Å². The minimum Gasteiger partial charge on any atom is -0.486 e. The summed E-state index contributed by atoms with van der Waals surface area (Å²) in [5.41, 5.74) is 5.93. The summed E-state index contributed by atoms with van der Waals surface area (Å²) >= 11 is 0. The maximum Gasteiger partial charge on any atom is 0.314 e. The number of hydrogen-bond acceptors (Lipinski definition) is 6. The maximum atomic E-state index is 11.2. The molecular formula is C14H18N2O5. The first kappa shape index (κ1) is 13.9. The lowest BCUT2D eigenvalue weighted by Crippen LogP contribution is -2.41. The summed E-state index contributed by atoms with van der Waals surface area (Å²) in [7, 11) is 0. The molecule has 2 atom stereocenters. The highest BCUT2D eigenvalue weighted by Gasteiger charge is 2.29. The Balaban J connectivity index is 1.90. The molecule has 7 nitrogen and oxygen atoms in total. The molecular weight excluding hydrogens is 276 g/mol. The van der Waals surface area contributed by atoms with Crippen molar-refractivity contribution in [1.82, 2.24) is 0 Å². The Morgan fingerprint density at radius 3 is 2.52 bits per heavy atom. The van der Waals surface area contributed by atoms with Crippen LogP contribution in [0.3, 0.4) is 0 Å². The highest BCUT2D eigenvalue weighted by Crippen LogP contribution is 2.41. The molecule has 3 rings (SSSR count). The first-order valence-electron chi connectivity index (χ1n) is 7.15. The van der Waals surface area contributed by atoms with Crippen molar-refractivity contribution in [2.45, 2.75) is 37.8 Å². The molecule has 1 aliphatic heterocycles. The molecule has 1 aromatic carbocycles. The van der Waals surface area contributed by atoms with Gasteiger partial charge in [-0.3, -0.25) is 10.1 Å². The third-order valence-electron chi connectivity index (χ3n) is 3.85. The van der Waals surface area contributed by atoms with E-state index in [9.17, 15) is 10.1 Å². The van der Waals surface area contributed by atoms with Crippen LogP contribution in [-0.4, -0.2) is 30.3 Å². The van der Waals surface area contributed by atoms with Gasteiger partial charge in [0.15, 0.2) is 11.5 Å². The quantitative estimate of drug-likeness (QED) is 0.676. The van der Waals surface area contributed by atoms with E-state index in [2.05, 4.69) is 0 Å². The zero-order valence-electron chi connectivity index (χ0n) is 11.6. The van der Waals surface area contributed by atoms with E-state index in [0.717, 1.165) is 25.7 Å². The van der Waals surface area contributed by atoms with E-state index in [0.29, 0.717) is 24.7 Å². The Labute approximate surface area is 122 Å². The summed E-state index contributed by atoms with van der Waals surface area (Å²) in [6, 6.07) is 2.80. The summed E-state index contributed by atoms with van der Waals surface area (Å²) in [5.74, 6) is 1.06. The second-order valence-electron chi connectivity index (χ2n) is 5.33. The van der Waals surface area contributed by atoms with E-state index < -0.39 is 4.92 Å². The molecule has 1 aromatic rings. The molecule has 1 fully saturated rings. The van der Waals surface area contributed by atoms with Crippen molar-refractivity contribution in [3.05, 3.63) is 22.2 Å². The number of nitro groups is 1. The van der Waals surface area contributed by atoms with Crippen molar-refractivity contribution in [3.63, 3.8) is 0 Å². The molecule has 2 unspecified atom stereocenters. The summed E-state index contributed by atoms with van der Waals surface area (Å²) < 4.78 is 16.7. The smallest absolute Gasteiger partial charge is 0.314 e. The van der Waals surface area contributed by atoms with Crippen LogP contribution in [-0.2, 0) is 0 Å². The van der Waals surface area contributed by atoms with Gasteiger partial charge in [-0.05, 0) is 19.3 Å². The van der Waals surface area contributed by atoms with Crippen molar-refractivity contribution in [3.8, 4) is 17.2 Å². The Hall–Kier alpha value is -2.02. The van der Waals surface area contributed by atoms with Gasteiger partial charge in [-0.25, -0.2) is 0 Å². The van der Waals surface area contributed by atoms with Crippen LogP contribution in [0.1, 0.15) is 25.7 Å². The summed E-state index contributed by atoms with van der Waals surface area (Å²) in [5, 5.41) is 11.2. The Morgan fingerprint density at radius 2 is 1.86 bits per heavy atom. The molecule has 0 aromatic heterocycles. The SMILES string of the molecule is NC1CCCCC1Oc1cc2c(cc1[N+](=O)[O-])OCCO2. The molecule has 7 heteroatoms. The number of rotatable bonds is 3. The van der Waals surface area contributed by atoms with Crippen molar-refractivity contribution in [2.24, 2.45) is 5.73 Å². The molecule has 21 heavy (non-hydrogen) atoms. The van der Waals surface area contributed by atoms with Gasteiger partial charge in [0.2, 0.25) is 5.75 Å². The maximum absolute atomic E-state index is 11.2. The van der Waals surface area contributed by atoms with Crippen LogP contribution in [0.15, 0.2) is 12.1 Å². The van der Waals surface area contributed by atoms with Gasteiger partial charge in [0.1, 0.15) is 19.3 Å². The van der Waals surface area contributed by atoms with Crippen LogP contribution >= 0.6 is 0 Å². The van der Waals surface area contributed by atoms with E-state index in [1.807, 2.05) is 0 Å². The number of ether oxygens (including phenoxy) is 3. The molecule has 0 radical (unpaired) electrons. The molecule has 1 saturated carbocycles. The Bertz CT molecular complexity index is 548. The third-order valence-corrected chi connectivity index (χ3v) is 3.85. The van der Waals surface area contributed by atoms with E-state index in [-0.39, 0.29) is 23.6 Å². The van der Waals surface area contributed by atoms with Gasteiger partial charge in [-0.2, -0.15) is 0 Å². The lowest BCUT2D eigenvalue weighted by Gasteiger charge is -2.29. The van der Waals surface area contributed by atoms with Crippen LogP contribution < -0.4 is 19.9 Å². The summed E-state index contributed by atoms with van der Waals surface area (Å²) in [4.78, 5) is 10.8. The lowest BCUT2D eigenvalue weighted by molar-refractivity contribution is -0.386. The van der Waals surface area contributed by atoms with Crippen LogP contribution in [0.25, 0.3) is 0 Å². The predicted octanol–water partition coefficient (Wildman–Crippen LogP) is 2.01. The van der Waals surface area contributed by atoms with E-state index in [1.165, 1.54) is 12.1 Å². The standard InChI is InChI=1S/C14H18N2O5/c15-9-3-1-2-4-11(9)21-12-8-14-13(19-5-6-20-14)7-10(12)16(17)18/h7-9,11H,1-6,15H2. The molecule has 0 saturated heterocycles. The average molecular weight is 294 g/mol. The molecule has 0 bridgehead atoms. The minimum absolute atomic E-state index is 0.0912. The number of nitrogens with zero attached hydrogens (tertiary/aromatic N) is 1. The monoisotopic (exact) mass is 294 g/mol. The molecule has 0 spiro atoms. The van der Waals surface area contributed by atoms with Crippen molar-refractivity contribution >= 4 is 5.69 Å². The van der Waals surface area contributed by atoms with Gasteiger partial charge in [0.25, 0.3) is 0 Å². The Kier molecular flexibility index (Phi) is 3.83. The van der Waals surface area contributed by atoms with Gasteiger partial charge in [-0.1, -0.05) is 6.42 Å². The number of hydrogen-bond donors (Lipinski definition) is 1. The first-order valence-corrected chi connectivity index (χ1v) is 7.15. The number of benzene rings is 1. The van der Waals surface area contributed by atoms with Crippen molar-refractivity contribution < 1.29 is 19.1 Å². The van der Waals surface area contributed by atoms with Crippen LogP contribution in [0.2, 0.25) is 0 Å². The van der Waals surface area contributed by atoms with Crippen LogP contribution in [0, 0.1) is 10.1 Å². The van der Waals surface area contributed by atoms with Gasteiger partial charge >= 0.3 is 5.69 Å².